The van der Waals surface area contributed by atoms with E-state index in [0.29, 0.717) is 6.04 Å². The summed E-state index contributed by atoms with van der Waals surface area (Å²) < 4.78 is 5.42. The highest BCUT2D eigenvalue weighted by Crippen LogP contribution is 2.34. The Morgan fingerprint density at radius 2 is 2.07 bits per heavy atom. The molecule has 1 aromatic rings. The lowest BCUT2D eigenvalue weighted by Crippen LogP contribution is -2.29. The molecule has 2 heteroatoms. The van der Waals surface area contributed by atoms with Crippen LogP contribution < -0.4 is 4.74 Å². The van der Waals surface area contributed by atoms with Crippen LogP contribution in [0.2, 0.25) is 0 Å². The molecule has 15 heavy (non-hydrogen) atoms. The van der Waals surface area contributed by atoms with Crippen LogP contribution in [0.1, 0.15) is 30.9 Å². The fraction of sp³-hybridized carbons (Fsp3) is 0.538. The number of hydrogen-bond acceptors (Lipinski definition) is 2. The minimum absolute atomic E-state index is 0.537. The molecule has 1 aromatic carbocycles. The summed E-state index contributed by atoms with van der Waals surface area (Å²) >= 11 is 0. The molecular weight excluding hydrogens is 186 g/mol. The molecule has 1 atom stereocenters. The molecule has 82 valence electrons. The first kappa shape index (κ1) is 10.5. The van der Waals surface area contributed by atoms with Crippen molar-refractivity contribution in [1.82, 2.24) is 4.90 Å². The number of likely N-dealkylation sites (tertiary alicyclic amines) is 1. The molecule has 2 nitrogen and oxygen atoms in total. The predicted octanol–water partition coefficient (Wildman–Crippen LogP) is 2.85. The van der Waals surface area contributed by atoms with Gasteiger partial charge in [0.2, 0.25) is 0 Å². The smallest absolute Gasteiger partial charge is 0.123 e. The van der Waals surface area contributed by atoms with Crippen LogP contribution in [0.15, 0.2) is 24.3 Å². The largest absolute Gasteiger partial charge is 0.496 e. The summed E-state index contributed by atoms with van der Waals surface area (Å²) in [6, 6.07) is 8.91. The lowest BCUT2D eigenvalue weighted by atomic mass is 9.95. The van der Waals surface area contributed by atoms with E-state index in [1.165, 1.54) is 31.4 Å². The van der Waals surface area contributed by atoms with Crippen molar-refractivity contribution in [2.24, 2.45) is 0 Å². The lowest BCUT2D eigenvalue weighted by molar-refractivity contribution is 0.183. The van der Waals surface area contributed by atoms with Crippen LogP contribution in [-0.2, 0) is 0 Å². The van der Waals surface area contributed by atoms with Crippen molar-refractivity contribution in [2.75, 3.05) is 20.7 Å². The van der Waals surface area contributed by atoms with Crippen molar-refractivity contribution in [3.8, 4) is 5.75 Å². The van der Waals surface area contributed by atoms with Crippen molar-refractivity contribution in [2.45, 2.75) is 25.3 Å². The van der Waals surface area contributed by atoms with Crippen LogP contribution in [0.25, 0.3) is 0 Å². The normalized spacial score (nSPS) is 22.7. The highest BCUT2D eigenvalue weighted by Gasteiger charge is 2.22. The van der Waals surface area contributed by atoms with Crippen LogP contribution in [0.3, 0.4) is 0 Å². The third-order valence-electron chi connectivity index (χ3n) is 3.27. The van der Waals surface area contributed by atoms with Gasteiger partial charge < -0.3 is 4.74 Å². The van der Waals surface area contributed by atoms with E-state index in [4.69, 9.17) is 4.74 Å². The first-order valence-electron chi connectivity index (χ1n) is 5.66. The number of ether oxygens (including phenoxy) is 1. The Hall–Kier alpha value is -1.02. The van der Waals surface area contributed by atoms with Gasteiger partial charge in [0.25, 0.3) is 0 Å². The van der Waals surface area contributed by atoms with Gasteiger partial charge in [-0.2, -0.15) is 0 Å². The maximum Gasteiger partial charge on any atom is 0.123 e. The molecular formula is C13H19NO. The van der Waals surface area contributed by atoms with E-state index in [0.717, 1.165) is 5.75 Å². The third kappa shape index (κ3) is 2.15. The zero-order valence-electron chi connectivity index (χ0n) is 9.57. The Kier molecular flexibility index (Phi) is 3.27. The molecule has 1 saturated heterocycles. The Balaban J connectivity index is 2.26. The van der Waals surface area contributed by atoms with Gasteiger partial charge in [0.05, 0.1) is 7.11 Å². The topological polar surface area (TPSA) is 12.5 Å². The van der Waals surface area contributed by atoms with Crippen molar-refractivity contribution >= 4 is 0 Å². The maximum absolute atomic E-state index is 5.42. The van der Waals surface area contributed by atoms with Crippen molar-refractivity contribution in [3.63, 3.8) is 0 Å². The molecule has 0 N–H and O–H groups in total. The zero-order chi connectivity index (χ0) is 10.7. The van der Waals surface area contributed by atoms with Crippen LogP contribution in [-0.4, -0.2) is 25.6 Å². The van der Waals surface area contributed by atoms with E-state index in [2.05, 4.69) is 30.1 Å². The minimum atomic E-state index is 0.537. The van der Waals surface area contributed by atoms with E-state index < -0.39 is 0 Å². The van der Waals surface area contributed by atoms with Crippen molar-refractivity contribution < 1.29 is 4.74 Å². The summed E-state index contributed by atoms with van der Waals surface area (Å²) in [5.74, 6) is 1.02. The number of hydrogen-bond donors (Lipinski definition) is 0. The Morgan fingerprint density at radius 3 is 2.80 bits per heavy atom. The van der Waals surface area contributed by atoms with Gasteiger partial charge in [-0.25, -0.2) is 0 Å². The SMILES string of the molecule is COc1ccccc1[C@H]1CCCCN1C. The Bertz CT molecular complexity index is 324. The van der Waals surface area contributed by atoms with E-state index in [9.17, 15) is 0 Å². The van der Waals surface area contributed by atoms with Crippen LogP contribution in [0.4, 0.5) is 0 Å². The Labute approximate surface area is 91.9 Å². The number of methoxy groups -OCH3 is 1. The summed E-state index contributed by atoms with van der Waals surface area (Å²) in [7, 11) is 3.96. The monoisotopic (exact) mass is 205 g/mol. The second kappa shape index (κ2) is 4.67. The number of para-hydroxylation sites is 1. The molecule has 1 aliphatic heterocycles. The van der Waals surface area contributed by atoms with Gasteiger partial charge in [-0.3, -0.25) is 4.90 Å². The molecule has 0 aliphatic carbocycles. The summed E-state index contributed by atoms with van der Waals surface area (Å²) in [4.78, 5) is 2.43. The van der Waals surface area contributed by atoms with Gasteiger partial charge >= 0.3 is 0 Å². The predicted molar refractivity (Wildman–Crippen MR) is 62.2 cm³/mol. The van der Waals surface area contributed by atoms with Gasteiger partial charge in [-0.1, -0.05) is 24.6 Å². The number of piperidine rings is 1. The molecule has 0 aromatic heterocycles. The van der Waals surface area contributed by atoms with E-state index >= 15 is 0 Å². The van der Waals surface area contributed by atoms with Gasteiger partial charge in [0.1, 0.15) is 5.75 Å². The number of rotatable bonds is 2. The first-order chi connectivity index (χ1) is 7.33. The molecule has 0 amide bonds. The average Bonchev–Trinajstić information content (AvgIpc) is 2.30. The average molecular weight is 205 g/mol. The molecule has 1 fully saturated rings. The summed E-state index contributed by atoms with van der Waals surface area (Å²) in [5, 5.41) is 0. The van der Waals surface area contributed by atoms with Gasteiger partial charge in [-0.05, 0) is 32.5 Å². The van der Waals surface area contributed by atoms with Crippen molar-refractivity contribution in [1.29, 1.82) is 0 Å². The summed E-state index contributed by atoms with van der Waals surface area (Å²) in [5.41, 5.74) is 1.34. The second-order valence-corrected chi connectivity index (χ2v) is 4.23. The zero-order valence-corrected chi connectivity index (χ0v) is 9.57. The van der Waals surface area contributed by atoms with Crippen molar-refractivity contribution in [3.05, 3.63) is 29.8 Å². The van der Waals surface area contributed by atoms with Crippen LogP contribution >= 0.6 is 0 Å². The lowest BCUT2D eigenvalue weighted by Gasteiger charge is -2.33. The quantitative estimate of drug-likeness (QED) is 0.736. The third-order valence-corrected chi connectivity index (χ3v) is 3.27. The summed E-state index contributed by atoms with van der Waals surface area (Å²) in [6.07, 6.45) is 3.89. The summed E-state index contributed by atoms with van der Waals surface area (Å²) in [6.45, 7) is 1.20. The molecule has 0 saturated carbocycles. The van der Waals surface area contributed by atoms with E-state index in [1.807, 2.05) is 6.07 Å². The highest BCUT2D eigenvalue weighted by molar-refractivity contribution is 5.36. The highest BCUT2D eigenvalue weighted by atomic mass is 16.5. The fourth-order valence-electron chi connectivity index (χ4n) is 2.41. The molecule has 0 bridgehead atoms. The van der Waals surface area contributed by atoms with Crippen LogP contribution in [0, 0.1) is 0 Å². The molecule has 0 unspecified atom stereocenters. The maximum atomic E-state index is 5.42. The molecule has 1 heterocycles. The van der Waals surface area contributed by atoms with E-state index in [-0.39, 0.29) is 0 Å². The van der Waals surface area contributed by atoms with E-state index in [1.54, 1.807) is 7.11 Å². The second-order valence-electron chi connectivity index (χ2n) is 4.23. The van der Waals surface area contributed by atoms with Gasteiger partial charge in [0.15, 0.2) is 0 Å². The molecule has 0 spiro atoms. The first-order valence-corrected chi connectivity index (χ1v) is 5.66. The standard InChI is InChI=1S/C13H19NO/c1-14-10-6-5-8-12(14)11-7-3-4-9-13(11)15-2/h3-4,7,9,12H,5-6,8,10H2,1-2H3/t12-/m1/s1. The fourth-order valence-corrected chi connectivity index (χ4v) is 2.41. The molecule has 2 rings (SSSR count). The number of benzene rings is 1. The van der Waals surface area contributed by atoms with Gasteiger partial charge in [0, 0.05) is 11.6 Å². The van der Waals surface area contributed by atoms with Crippen LogP contribution in [0.5, 0.6) is 5.75 Å². The van der Waals surface area contributed by atoms with Gasteiger partial charge in [-0.15, -0.1) is 0 Å². The number of nitrogens with zero attached hydrogens (tertiary/aromatic N) is 1. The Morgan fingerprint density at radius 1 is 1.27 bits per heavy atom. The molecule has 0 radical (unpaired) electrons. The minimum Gasteiger partial charge on any atom is -0.496 e. The molecule has 1 aliphatic rings.